The monoisotopic (exact) mass is 672 g/mol. The van der Waals surface area contributed by atoms with E-state index in [9.17, 15) is 4.79 Å². The number of benzene rings is 2. The molecule has 2 fully saturated rings. The predicted molar refractivity (Wildman–Crippen MR) is 143 cm³/mol. The number of piperidine rings is 1. The van der Waals surface area contributed by atoms with Gasteiger partial charge in [-0.1, -0.05) is 0 Å². The Labute approximate surface area is 217 Å². The zero-order chi connectivity index (χ0) is 23.4. The summed E-state index contributed by atoms with van der Waals surface area (Å²) in [4.78, 5) is 15.4. The average Bonchev–Trinajstić information content (AvgIpc) is 2.82. The third-order valence-electron chi connectivity index (χ3n) is 6.51. The molecule has 0 N–H and O–H groups in total. The molecule has 0 spiro atoms. The standard InChI is InChI=1S/C28H36I2NO2/c1-20-5-7-24(8-6-20)27(26-13-16-31(4)17-14-26)25-11-9-23(10-12-25)22(3)29-28(32)30-15-18-33-21(2)19-30/h5-12,21-22H,13-19H2,1-4H3/q-1/t21?,22-/m1/s1. The van der Waals surface area contributed by atoms with E-state index in [0.717, 1.165) is 41.4 Å². The van der Waals surface area contributed by atoms with Gasteiger partial charge < -0.3 is 0 Å². The fraction of sp³-hybridized carbons (Fsp3) is 0.464. The molecule has 0 aliphatic carbocycles. The van der Waals surface area contributed by atoms with Crippen LogP contribution in [0, 0.1) is 6.92 Å². The van der Waals surface area contributed by atoms with Crippen molar-refractivity contribution in [1.82, 2.24) is 4.90 Å². The van der Waals surface area contributed by atoms with Crippen molar-refractivity contribution in [3.05, 3.63) is 76.4 Å². The SMILES string of the molecule is Cc1ccc(C(=C2CCN(C)CC2)c2ccc([C@@H](C)[I-]C(=O)I3CCOC(C)C3)cc2)cc1. The number of halogens is 2. The summed E-state index contributed by atoms with van der Waals surface area (Å²) in [6, 6.07) is 18.2. The Morgan fingerprint density at radius 3 is 2.27 bits per heavy atom. The van der Waals surface area contributed by atoms with Gasteiger partial charge in [0.1, 0.15) is 0 Å². The van der Waals surface area contributed by atoms with Crippen LogP contribution in [0.15, 0.2) is 54.1 Å². The summed E-state index contributed by atoms with van der Waals surface area (Å²) >= 11 is -1.93. The summed E-state index contributed by atoms with van der Waals surface area (Å²) in [5.41, 5.74) is 8.25. The Morgan fingerprint density at radius 1 is 1.06 bits per heavy atom. The van der Waals surface area contributed by atoms with Crippen molar-refractivity contribution >= 4 is 27.2 Å². The van der Waals surface area contributed by atoms with Crippen molar-refractivity contribution in [2.75, 3.05) is 35.6 Å². The number of hydrogen-bond donors (Lipinski definition) is 0. The van der Waals surface area contributed by atoms with E-state index in [4.69, 9.17) is 4.74 Å². The van der Waals surface area contributed by atoms with E-state index in [1.807, 2.05) is 0 Å². The Hall–Kier alpha value is -0.770. The molecule has 3 nitrogen and oxygen atoms in total. The Morgan fingerprint density at radius 2 is 1.67 bits per heavy atom. The van der Waals surface area contributed by atoms with E-state index in [-0.39, 0.29) is 0 Å². The number of aryl methyl sites for hydroxylation is 1. The first-order chi connectivity index (χ1) is 15.9. The van der Waals surface area contributed by atoms with Crippen LogP contribution in [0.2, 0.25) is 0 Å². The van der Waals surface area contributed by atoms with Gasteiger partial charge in [0.05, 0.1) is 0 Å². The second-order valence-corrected chi connectivity index (χ2v) is 20.3. The van der Waals surface area contributed by atoms with Gasteiger partial charge in [-0.3, -0.25) is 0 Å². The van der Waals surface area contributed by atoms with Crippen LogP contribution in [-0.4, -0.2) is 48.4 Å². The number of likely N-dealkylation sites (tertiary alicyclic amines) is 1. The summed E-state index contributed by atoms with van der Waals surface area (Å²) < 4.78 is 8.84. The van der Waals surface area contributed by atoms with Crippen molar-refractivity contribution in [2.45, 2.75) is 43.6 Å². The van der Waals surface area contributed by atoms with Crippen molar-refractivity contribution < 1.29 is 30.7 Å². The van der Waals surface area contributed by atoms with Crippen LogP contribution in [-0.2, 0) is 4.74 Å². The number of carbonyl (C=O) groups is 1. The summed E-state index contributed by atoms with van der Waals surface area (Å²) in [6.07, 6.45) is 2.55. The van der Waals surface area contributed by atoms with Crippen LogP contribution < -0.4 is 21.2 Å². The number of hydrogen-bond acceptors (Lipinski definition) is 3. The molecular formula is C28H36I2NO2-. The van der Waals surface area contributed by atoms with Crippen LogP contribution in [0.3, 0.4) is 0 Å². The molecule has 33 heavy (non-hydrogen) atoms. The fourth-order valence-corrected chi connectivity index (χ4v) is 17.1. The van der Waals surface area contributed by atoms with Crippen LogP contribution >= 0.6 is 19.8 Å². The first-order valence-electron chi connectivity index (χ1n) is 11.9. The number of nitrogens with zero attached hydrogens (tertiary/aromatic N) is 1. The zero-order valence-electron chi connectivity index (χ0n) is 20.2. The van der Waals surface area contributed by atoms with E-state index in [1.165, 1.54) is 27.8 Å². The quantitative estimate of drug-likeness (QED) is 0.267. The van der Waals surface area contributed by atoms with Crippen LogP contribution in [0.1, 0.15) is 52.9 Å². The van der Waals surface area contributed by atoms with Gasteiger partial charge >= 0.3 is 218 Å². The van der Waals surface area contributed by atoms with Crippen molar-refractivity contribution in [3.63, 3.8) is 0 Å². The molecule has 0 amide bonds. The summed E-state index contributed by atoms with van der Waals surface area (Å²) in [7, 11) is 2.22. The summed E-state index contributed by atoms with van der Waals surface area (Å²) in [5.74, 6) is 0. The van der Waals surface area contributed by atoms with Gasteiger partial charge in [0.25, 0.3) is 0 Å². The number of carbonyl (C=O) groups excluding carboxylic acids is 1. The second-order valence-electron chi connectivity index (χ2n) is 9.20. The topological polar surface area (TPSA) is 29.5 Å². The minimum atomic E-state index is -1.47. The molecule has 0 radical (unpaired) electrons. The van der Waals surface area contributed by atoms with Crippen LogP contribution in [0.4, 0.5) is 4.79 Å². The van der Waals surface area contributed by atoms with E-state index in [1.54, 1.807) is 5.57 Å². The molecule has 2 aromatic carbocycles. The van der Waals surface area contributed by atoms with Crippen LogP contribution in [0.25, 0.3) is 5.57 Å². The Bertz CT molecular complexity index is 974. The number of rotatable bonds is 6. The van der Waals surface area contributed by atoms with Gasteiger partial charge in [-0.15, -0.1) is 0 Å². The molecule has 2 heterocycles. The molecule has 2 aliphatic rings. The van der Waals surface area contributed by atoms with E-state index >= 15 is 0 Å². The summed E-state index contributed by atoms with van der Waals surface area (Å²) in [6.45, 7) is 9.59. The molecule has 2 atom stereocenters. The van der Waals surface area contributed by atoms with Crippen LogP contribution in [0.5, 0.6) is 0 Å². The molecule has 0 aromatic heterocycles. The van der Waals surface area contributed by atoms with E-state index in [2.05, 4.69) is 81.2 Å². The molecule has 2 aromatic rings. The predicted octanol–water partition coefficient (Wildman–Crippen LogP) is 3.72. The molecule has 1 unspecified atom stereocenters. The van der Waals surface area contributed by atoms with E-state index < -0.39 is 41.0 Å². The maximum atomic E-state index is 13.0. The Balaban J connectivity index is 1.53. The summed E-state index contributed by atoms with van der Waals surface area (Å²) in [5, 5.41) is 0. The van der Waals surface area contributed by atoms with Gasteiger partial charge in [0.15, 0.2) is 0 Å². The van der Waals surface area contributed by atoms with Gasteiger partial charge in [0, 0.05) is 0 Å². The fourth-order valence-electron chi connectivity index (χ4n) is 4.46. The van der Waals surface area contributed by atoms with Gasteiger partial charge in [-0.25, -0.2) is 0 Å². The molecule has 180 valence electrons. The molecule has 2 saturated heterocycles. The van der Waals surface area contributed by atoms with Gasteiger partial charge in [-0.2, -0.15) is 0 Å². The molecule has 2 aliphatic heterocycles. The first-order valence-corrected chi connectivity index (χ1v) is 18.3. The molecule has 5 heteroatoms. The first kappa shape index (κ1) is 25.3. The number of alkyl halides is 3. The van der Waals surface area contributed by atoms with E-state index in [0.29, 0.717) is 11.8 Å². The molecular weight excluding hydrogens is 636 g/mol. The third kappa shape index (κ3) is 6.67. The third-order valence-corrected chi connectivity index (χ3v) is 19.3. The van der Waals surface area contributed by atoms with Crippen molar-refractivity contribution in [1.29, 1.82) is 0 Å². The Kier molecular flexibility index (Phi) is 9.04. The van der Waals surface area contributed by atoms with Crippen molar-refractivity contribution in [3.8, 4) is 0 Å². The zero-order valence-corrected chi connectivity index (χ0v) is 24.6. The molecule has 0 saturated carbocycles. The maximum absolute atomic E-state index is 13.0. The second kappa shape index (κ2) is 11.8. The molecule has 4 rings (SSSR count). The normalized spacial score (nSPS) is 21.8. The minimum absolute atomic E-state index is 0.291. The number of ether oxygens (including phenoxy) is 1. The van der Waals surface area contributed by atoms with Gasteiger partial charge in [0.2, 0.25) is 0 Å². The van der Waals surface area contributed by atoms with Gasteiger partial charge in [-0.05, 0) is 0 Å². The average molecular weight is 672 g/mol. The van der Waals surface area contributed by atoms with Crippen molar-refractivity contribution in [2.24, 2.45) is 0 Å². The molecule has 0 bridgehead atoms.